The zero-order valence-electron chi connectivity index (χ0n) is 11.5. The minimum absolute atomic E-state index is 0.216. The van der Waals surface area contributed by atoms with Crippen molar-refractivity contribution in [1.29, 1.82) is 0 Å². The fourth-order valence-corrected chi connectivity index (χ4v) is 2.83. The number of nitrogens with two attached hydrogens (primary N) is 1. The maximum atomic E-state index is 14.0. The van der Waals surface area contributed by atoms with Gasteiger partial charge in [-0.1, -0.05) is 24.3 Å². The second-order valence-corrected chi connectivity index (χ2v) is 5.22. The molecule has 0 saturated heterocycles. The average molecular weight is 270 g/mol. The van der Waals surface area contributed by atoms with Crippen molar-refractivity contribution in [2.45, 2.75) is 25.8 Å². The van der Waals surface area contributed by atoms with Crippen molar-refractivity contribution in [2.75, 3.05) is 11.4 Å². The highest BCUT2D eigenvalue weighted by Gasteiger charge is 2.17. The lowest BCUT2D eigenvalue weighted by molar-refractivity contribution is 0.610. The van der Waals surface area contributed by atoms with E-state index in [9.17, 15) is 4.39 Å². The molecule has 0 bridgehead atoms. The van der Waals surface area contributed by atoms with Crippen LogP contribution in [0.15, 0.2) is 42.5 Å². The molecule has 0 amide bonds. The van der Waals surface area contributed by atoms with Crippen molar-refractivity contribution in [2.24, 2.45) is 5.73 Å². The molecule has 3 rings (SSSR count). The summed E-state index contributed by atoms with van der Waals surface area (Å²) in [4.78, 5) is 2.21. The zero-order valence-corrected chi connectivity index (χ0v) is 11.5. The van der Waals surface area contributed by atoms with Crippen LogP contribution in [0.1, 0.15) is 24.0 Å². The van der Waals surface area contributed by atoms with Crippen LogP contribution in [0.4, 0.5) is 15.8 Å². The number of halogens is 1. The monoisotopic (exact) mass is 270 g/mol. The van der Waals surface area contributed by atoms with Gasteiger partial charge in [-0.2, -0.15) is 0 Å². The van der Waals surface area contributed by atoms with E-state index in [0.29, 0.717) is 5.56 Å². The van der Waals surface area contributed by atoms with E-state index in [4.69, 9.17) is 5.73 Å². The normalized spacial score (nSPS) is 14.8. The molecule has 104 valence electrons. The number of para-hydroxylation sites is 1. The van der Waals surface area contributed by atoms with Crippen LogP contribution in [-0.2, 0) is 13.0 Å². The maximum Gasteiger partial charge on any atom is 0.129 e. The Morgan fingerprint density at radius 1 is 1.10 bits per heavy atom. The number of nitrogens with zero attached hydrogens (tertiary/aromatic N) is 1. The lowest BCUT2D eigenvalue weighted by Crippen LogP contribution is -2.18. The molecule has 0 saturated carbocycles. The third-order valence-corrected chi connectivity index (χ3v) is 3.93. The molecule has 0 spiro atoms. The summed E-state index contributed by atoms with van der Waals surface area (Å²) in [6, 6.07) is 13.8. The van der Waals surface area contributed by atoms with Crippen LogP contribution >= 0.6 is 0 Å². The van der Waals surface area contributed by atoms with Crippen LogP contribution < -0.4 is 10.6 Å². The van der Waals surface area contributed by atoms with Crippen LogP contribution in [-0.4, -0.2) is 6.54 Å². The molecule has 0 atom stereocenters. The number of hydrogen-bond acceptors (Lipinski definition) is 2. The van der Waals surface area contributed by atoms with Gasteiger partial charge in [-0.15, -0.1) is 0 Å². The van der Waals surface area contributed by atoms with Gasteiger partial charge in [0.2, 0.25) is 0 Å². The summed E-state index contributed by atoms with van der Waals surface area (Å²) in [6.07, 6.45) is 3.39. The Morgan fingerprint density at radius 3 is 2.75 bits per heavy atom. The standard InChI is InChI=1S/C17H19FN2/c18-16-11-15(9-8-14(16)12-19)20-10-4-3-6-13-5-1-2-7-17(13)20/h1-2,5,7-9,11H,3-4,6,10,12,19H2. The fraction of sp³-hybridized carbons (Fsp3) is 0.294. The summed E-state index contributed by atoms with van der Waals surface area (Å²) in [5.41, 5.74) is 9.54. The van der Waals surface area contributed by atoms with Gasteiger partial charge >= 0.3 is 0 Å². The fourth-order valence-electron chi connectivity index (χ4n) is 2.83. The van der Waals surface area contributed by atoms with Crippen molar-refractivity contribution in [1.82, 2.24) is 0 Å². The van der Waals surface area contributed by atoms with Crippen molar-refractivity contribution in [3.63, 3.8) is 0 Å². The van der Waals surface area contributed by atoms with Crippen LogP contribution in [0.3, 0.4) is 0 Å². The largest absolute Gasteiger partial charge is 0.341 e. The van der Waals surface area contributed by atoms with Gasteiger partial charge in [0.1, 0.15) is 5.82 Å². The molecule has 0 unspecified atom stereocenters. The highest BCUT2D eigenvalue weighted by atomic mass is 19.1. The molecule has 2 aromatic rings. The van der Waals surface area contributed by atoms with Gasteiger partial charge < -0.3 is 10.6 Å². The molecule has 20 heavy (non-hydrogen) atoms. The smallest absolute Gasteiger partial charge is 0.129 e. The first-order valence-corrected chi connectivity index (χ1v) is 7.13. The van der Waals surface area contributed by atoms with Gasteiger partial charge in [0, 0.05) is 30.0 Å². The van der Waals surface area contributed by atoms with Crippen LogP contribution in [0.25, 0.3) is 0 Å². The summed E-state index contributed by atoms with van der Waals surface area (Å²) < 4.78 is 14.0. The molecule has 2 nitrogen and oxygen atoms in total. The average Bonchev–Trinajstić information content (AvgIpc) is 2.69. The van der Waals surface area contributed by atoms with E-state index in [1.54, 1.807) is 12.1 Å². The van der Waals surface area contributed by atoms with E-state index in [1.807, 2.05) is 12.1 Å². The third-order valence-electron chi connectivity index (χ3n) is 3.93. The maximum absolute atomic E-state index is 14.0. The van der Waals surface area contributed by atoms with E-state index in [-0.39, 0.29) is 12.4 Å². The van der Waals surface area contributed by atoms with Gasteiger partial charge in [0.25, 0.3) is 0 Å². The number of aryl methyl sites for hydroxylation is 1. The summed E-state index contributed by atoms with van der Waals surface area (Å²) >= 11 is 0. The van der Waals surface area contributed by atoms with Crippen molar-refractivity contribution in [3.05, 3.63) is 59.4 Å². The van der Waals surface area contributed by atoms with Gasteiger partial charge in [-0.05, 0) is 43.0 Å². The summed E-state index contributed by atoms with van der Waals surface area (Å²) in [5.74, 6) is -0.216. The Morgan fingerprint density at radius 2 is 1.95 bits per heavy atom. The Hall–Kier alpha value is -1.87. The summed E-state index contributed by atoms with van der Waals surface area (Å²) in [7, 11) is 0. The molecule has 1 aliphatic heterocycles. The van der Waals surface area contributed by atoms with E-state index >= 15 is 0 Å². The first kappa shape index (κ1) is 13.1. The third kappa shape index (κ3) is 2.41. The second-order valence-electron chi connectivity index (χ2n) is 5.22. The van der Waals surface area contributed by atoms with E-state index in [2.05, 4.69) is 23.1 Å². The van der Waals surface area contributed by atoms with E-state index < -0.39 is 0 Å². The molecular weight excluding hydrogens is 251 g/mol. The first-order valence-electron chi connectivity index (χ1n) is 7.13. The Bertz CT molecular complexity index is 610. The van der Waals surface area contributed by atoms with E-state index in [0.717, 1.165) is 25.1 Å². The molecule has 3 heteroatoms. The van der Waals surface area contributed by atoms with Gasteiger partial charge in [-0.25, -0.2) is 4.39 Å². The molecule has 0 radical (unpaired) electrons. The van der Waals surface area contributed by atoms with Gasteiger partial charge in [-0.3, -0.25) is 0 Å². The quantitative estimate of drug-likeness (QED) is 0.900. The minimum Gasteiger partial charge on any atom is -0.341 e. The van der Waals surface area contributed by atoms with Crippen molar-refractivity contribution < 1.29 is 4.39 Å². The number of benzene rings is 2. The molecule has 0 aliphatic carbocycles. The predicted molar refractivity (Wildman–Crippen MR) is 80.7 cm³/mol. The zero-order chi connectivity index (χ0) is 13.9. The second kappa shape index (κ2) is 5.63. The number of rotatable bonds is 2. The van der Waals surface area contributed by atoms with Crippen molar-refractivity contribution in [3.8, 4) is 0 Å². The lowest BCUT2D eigenvalue weighted by Gasteiger charge is -2.25. The molecule has 2 N–H and O–H groups in total. The molecule has 1 aliphatic rings. The predicted octanol–water partition coefficient (Wildman–Crippen LogP) is 3.76. The van der Waals surface area contributed by atoms with Crippen LogP contribution in [0.2, 0.25) is 0 Å². The Balaban J connectivity index is 2.03. The topological polar surface area (TPSA) is 29.3 Å². The van der Waals surface area contributed by atoms with Crippen molar-refractivity contribution >= 4 is 11.4 Å². The molecule has 0 aromatic heterocycles. The van der Waals surface area contributed by atoms with Crippen LogP contribution in [0.5, 0.6) is 0 Å². The molecular formula is C17H19FN2. The highest BCUT2D eigenvalue weighted by Crippen LogP contribution is 2.33. The number of fused-ring (bicyclic) bond motifs is 1. The minimum atomic E-state index is -0.216. The summed E-state index contributed by atoms with van der Waals surface area (Å²) in [6.45, 7) is 1.17. The molecule has 1 heterocycles. The molecule has 2 aromatic carbocycles. The Labute approximate surface area is 119 Å². The number of hydrogen-bond donors (Lipinski definition) is 1. The van der Waals surface area contributed by atoms with Crippen LogP contribution in [0, 0.1) is 5.82 Å². The van der Waals surface area contributed by atoms with E-state index in [1.165, 1.54) is 17.7 Å². The highest BCUT2D eigenvalue weighted by molar-refractivity contribution is 5.67. The SMILES string of the molecule is NCc1ccc(N2CCCCc3ccccc32)cc1F. The van der Waals surface area contributed by atoms with Gasteiger partial charge in [0.05, 0.1) is 0 Å². The number of anilines is 2. The Kier molecular flexibility index (Phi) is 3.70. The summed E-state index contributed by atoms with van der Waals surface area (Å²) in [5, 5.41) is 0. The lowest BCUT2D eigenvalue weighted by atomic mass is 10.1. The molecule has 0 fully saturated rings. The first-order chi connectivity index (χ1) is 9.79. The van der Waals surface area contributed by atoms with Gasteiger partial charge in [0.15, 0.2) is 0 Å².